The van der Waals surface area contributed by atoms with E-state index in [0.717, 1.165) is 25.9 Å². The van der Waals surface area contributed by atoms with Crippen LogP contribution in [0.25, 0.3) is 0 Å². The molecular formula is C19H30N4O2. The molecule has 1 aromatic rings. The molecule has 2 aliphatic heterocycles. The third-order valence-corrected chi connectivity index (χ3v) is 5.86. The number of piperidine rings is 1. The number of likely N-dealkylation sites (tertiary alicyclic amines) is 2. The smallest absolute Gasteiger partial charge is 0.254 e. The summed E-state index contributed by atoms with van der Waals surface area (Å²) in [5, 5.41) is 0. The van der Waals surface area contributed by atoms with Gasteiger partial charge in [0.15, 0.2) is 0 Å². The summed E-state index contributed by atoms with van der Waals surface area (Å²) in [6, 6.07) is 1.64. The van der Waals surface area contributed by atoms with Crippen LogP contribution in [0.3, 0.4) is 0 Å². The van der Waals surface area contributed by atoms with Crippen LogP contribution in [0.2, 0.25) is 0 Å². The molecule has 1 N–H and O–H groups in total. The molecular weight excluding hydrogens is 316 g/mol. The molecule has 0 saturated carbocycles. The molecule has 6 nitrogen and oxygen atoms in total. The van der Waals surface area contributed by atoms with Crippen LogP contribution in [0.5, 0.6) is 0 Å². The molecule has 3 atom stereocenters. The molecule has 0 spiro atoms. The summed E-state index contributed by atoms with van der Waals surface area (Å²) in [6.45, 7) is 9.73. The number of carbonyl (C=O) groups is 1. The summed E-state index contributed by atoms with van der Waals surface area (Å²) in [7, 11) is 0. The summed E-state index contributed by atoms with van der Waals surface area (Å²) in [4.78, 5) is 36.5. The highest BCUT2D eigenvalue weighted by molar-refractivity contribution is 5.79. The molecule has 138 valence electrons. The van der Waals surface area contributed by atoms with Crippen molar-refractivity contribution in [2.75, 3.05) is 13.1 Å². The van der Waals surface area contributed by atoms with Crippen LogP contribution >= 0.6 is 0 Å². The molecule has 0 aromatic carbocycles. The predicted octanol–water partition coefficient (Wildman–Crippen LogP) is 1.79. The fourth-order valence-electron chi connectivity index (χ4n) is 4.58. The maximum Gasteiger partial charge on any atom is 0.254 e. The Morgan fingerprint density at radius 3 is 2.52 bits per heavy atom. The summed E-state index contributed by atoms with van der Waals surface area (Å²) in [5.74, 6) is 0.636. The number of carbonyl (C=O) groups excluding carboxylic acids is 1. The number of aromatic nitrogens is 2. The molecule has 2 saturated heterocycles. The highest BCUT2D eigenvalue weighted by Crippen LogP contribution is 2.29. The minimum absolute atomic E-state index is 0.0449. The van der Waals surface area contributed by atoms with Gasteiger partial charge in [0.2, 0.25) is 5.91 Å². The van der Waals surface area contributed by atoms with E-state index in [1.54, 1.807) is 13.8 Å². The molecule has 0 aliphatic carbocycles. The third-order valence-electron chi connectivity index (χ3n) is 5.86. The van der Waals surface area contributed by atoms with Crippen LogP contribution in [0, 0.1) is 13.8 Å². The van der Waals surface area contributed by atoms with Crippen molar-refractivity contribution in [3.63, 3.8) is 0 Å². The first-order chi connectivity index (χ1) is 11.9. The van der Waals surface area contributed by atoms with Crippen molar-refractivity contribution in [3.05, 3.63) is 27.4 Å². The lowest BCUT2D eigenvalue weighted by atomic mass is 10.0. The van der Waals surface area contributed by atoms with Gasteiger partial charge in [0.25, 0.3) is 5.56 Å². The quantitative estimate of drug-likeness (QED) is 0.906. The van der Waals surface area contributed by atoms with E-state index in [2.05, 4.69) is 28.7 Å². The predicted molar refractivity (Wildman–Crippen MR) is 97.6 cm³/mol. The summed E-state index contributed by atoms with van der Waals surface area (Å²) in [5.41, 5.74) is 0.972. The molecule has 2 aliphatic rings. The van der Waals surface area contributed by atoms with Crippen molar-refractivity contribution in [3.8, 4) is 0 Å². The highest BCUT2D eigenvalue weighted by atomic mass is 16.2. The fourth-order valence-corrected chi connectivity index (χ4v) is 4.58. The second-order valence-electron chi connectivity index (χ2n) is 7.75. The average Bonchev–Trinajstić information content (AvgIpc) is 2.89. The van der Waals surface area contributed by atoms with Crippen LogP contribution in [0.4, 0.5) is 0 Å². The van der Waals surface area contributed by atoms with E-state index >= 15 is 0 Å². The average molecular weight is 346 g/mol. The lowest BCUT2D eigenvalue weighted by molar-refractivity contribution is -0.133. The number of nitrogens with zero attached hydrogens (tertiary/aromatic N) is 3. The minimum Gasteiger partial charge on any atom is -0.341 e. The maximum absolute atomic E-state index is 12.8. The third kappa shape index (κ3) is 3.78. The second-order valence-corrected chi connectivity index (χ2v) is 7.75. The number of aryl methyl sites for hydroxylation is 2. The molecule has 25 heavy (non-hydrogen) atoms. The van der Waals surface area contributed by atoms with Crippen molar-refractivity contribution < 1.29 is 4.79 Å². The van der Waals surface area contributed by atoms with Gasteiger partial charge in [0.05, 0.1) is 6.42 Å². The van der Waals surface area contributed by atoms with Crippen molar-refractivity contribution in [1.82, 2.24) is 19.8 Å². The van der Waals surface area contributed by atoms with Gasteiger partial charge in [-0.15, -0.1) is 0 Å². The minimum atomic E-state index is -0.186. The van der Waals surface area contributed by atoms with Gasteiger partial charge in [-0.25, -0.2) is 4.98 Å². The van der Waals surface area contributed by atoms with Gasteiger partial charge >= 0.3 is 0 Å². The fraction of sp³-hybridized carbons (Fsp3) is 0.737. The Kier molecular flexibility index (Phi) is 5.27. The maximum atomic E-state index is 12.8. The number of nitrogens with one attached hydrogen (secondary N) is 1. The largest absolute Gasteiger partial charge is 0.341 e. The van der Waals surface area contributed by atoms with Gasteiger partial charge in [-0.1, -0.05) is 0 Å². The Balaban J connectivity index is 1.69. The summed E-state index contributed by atoms with van der Waals surface area (Å²) >= 11 is 0. The molecule has 0 radical (unpaired) electrons. The van der Waals surface area contributed by atoms with Crippen LogP contribution in [0.15, 0.2) is 4.79 Å². The molecule has 6 heteroatoms. The SMILES string of the molecule is Cc1nc(C)c(CC(=O)N2CCCC(N3C(C)CCC3C)C2)c(=O)[nH]1. The molecule has 1 aromatic heterocycles. The number of hydrogen-bond donors (Lipinski definition) is 1. The molecule has 3 unspecified atom stereocenters. The van der Waals surface area contributed by atoms with Crippen molar-refractivity contribution >= 4 is 5.91 Å². The number of amides is 1. The number of H-pyrrole nitrogens is 1. The van der Waals surface area contributed by atoms with Gasteiger partial charge in [0, 0.05) is 42.5 Å². The van der Waals surface area contributed by atoms with Gasteiger partial charge < -0.3 is 9.88 Å². The standard InChI is InChI=1S/C19H30N4O2/c1-12-7-8-13(2)23(12)16-6-5-9-22(11-16)18(24)10-17-14(3)20-15(4)21-19(17)25/h12-13,16H,5-11H2,1-4H3,(H,20,21,25). The van der Waals surface area contributed by atoms with E-state index in [1.165, 1.54) is 12.8 Å². The normalized spacial score (nSPS) is 27.7. The Bertz CT molecular complexity index is 689. The Morgan fingerprint density at radius 2 is 1.88 bits per heavy atom. The van der Waals surface area contributed by atoms with Crippen LogP contribution in [-0.2, 0) is 11.2 Å². The van der Waals surface area contributed by atoms with E-state index in [9.17, 15) is 9.59 Å². The van der Waals surface area contributed by atoms with E-state index in [4.69, 9.17) is 0 Å². The first kappa shape index (κ1) is 18.1. The Morgan fingerprint density at radius 1 is 1.20 bits per heavy atom. The van der Waals surface area contributed by atoms with Crippen molar-refractivity contribution in [1.29, 1.82) is 0 Å². The lowest BCUT2D eigenvalue weighted by Crippen LogP contribution is -2.53. The zero-order chi connectivity index (χ0) is 18.1. The zero-order valence-corrected chi connectivity index (χ0v) is 15.8. The van der Waals surface area contributed by atoms with Gasteiger partial charge in [-0.2, -0.15) is 0 Å². The molecule has 3 rings (SSSR count). The number of rotatable bonds is 3. The first-order valence-electron chi connectivity index (χ1n) is 9.48. The van der Waals surface area contributed by atoms with Crippen molar-refractivity contribution in [2.24, 2.45) is 0 Å². The molecule has 0 bridgehead atoms. The van der Waals surface area contributed by atoms with Crippen molar-refractivity contribution in [2.45, 2.75) is 77.9 Å². The van der Waals surface area contributed by atoms with E-state index in [-0.39, 0.29) is 17.9 Å². The van der Waals surface area contributed by atoms with Gasteiger partial charge in [0.1, 0.15) is 5.82 Å². The molecule has 2 fully saturated rings. The molecule has 1 amide bonds. The topological polar surface area (TPSA) is 69.3 Å². The highest BCUT2D eigenvalue weighted by Gasteiger charge is 2.36. The first-order valence-corrected chi connectivity index (χ1v) is 9.48. The lowest BCUT2D eigenvalue weighted by Gasteiger charge is -2.41. The number of hydrogen-bond acceptors (Lipinski definition) is 4. The van der Waals surface area contributed by atoms with Crippen LogP contribution in [-0.4, -0.2) is 56.9 Å². The molecule has 3 heterocycles. The van der Waals surface area contributed by atoms with Gasteiger partial charge in [-0.05, 0) is 53.4 Å². The van der Waals surface area contributed by atoms with E-state index in [0.29, 0.717) is 35.2 Å². The Labute approximate surface area is 149 Å². The zero-order valence-electron chi connectivity index (χ0n) is 15.8. The van der Waals surface area contributed by atoms with Crippen LogP contribution < -0.4 is 5.56 Å². The second kappa shape index (κ2) is 7.28. The van der Waals surface area contributed by atoms with Crippen LogP contribution in [0.1, 0.15) is 56.6 Å². The Hall–Kier alpha value is -1.69. The monoisotopic (exact) mass is 346 g/mol. The summed E-state index contributed by atoms with van der Waals surface area (Å²) in [6.07, 6.45) is 4.83. The summed E-state index contributed by atoms with van der Waals surface area (Å²) < 4.78 is 0. The van der Waals surface area contributed by atoms with Gasteiger partial charge in [-0.3, -0.25) is 14.5 Å². The van der Waals surface area contributed by atoms with E-state index in [1.807, 2.05) is 4.90 Å². The number of aromatic amines is 1. The van der Waals surface area contributed by atoms with E-state index < -0.39 is 0 Å².